The molecule has 4 heterocycles. The fraction of sp³-hybridized carbons (Fsp3) is 0.222. The van der Waals surface area contributed by atoms with E-state index in [-0.39, 0.29) is 48.3 Å². The Kier molecular flexibility index (Phi) is 10.2. The second-order valence-electron chi connectivity index (χ2n) is 12.4. The summed E-state index contributed by atoms with van der Waals surface area (Å²) in [5, 5.41) is 29.3. The molecule has 0 spiro atoms. The van der Waals surface area contributed by atoms with E-state index in [1.807, 2.05) is 54.6 Å². The van der Waals surface area contributed by atoms with E-state index in [4.69, 9.17) is 0 Å². The molecule has 6 aromatic rings. The first-order valence-electron chi connectivity index (χ1n) is 16.8. The monoisotopic (exact) mass is 718 g/mol. The molecular weight excluding hydrogens is 683 g/mol. The molecule has 16 nitrogen and oxygen atoms in total. The molecule has 0 bridgehead atoms. The molecule has 1 atom stereocenters. The van der Waals surface area contributed by atoms with Gasteiger partial charge in [0.2, 0.25) is 23.7 Å². The summed E-state index contributed by atoms with van der Waals surface area (Å²) in [7, 11) is 0. The summed E-state index contributed by atoms with van der Waals surface area (Å²) in [4.78, 5) is 57.8. The lowest BCUT2D eigenvalue weighted by atomic mass is 10.1. The van der Waals surface area contributed by atoms with E-state index in [1.54, 1.807) is 11.0 Å². The van der Waals surface area contributed by atoms with E-state index in [9.17, 15) is 24.2 Å². The highest BCUT2D eigenvalue weighted by Crippen LogP contribution is 2.21. The Labute approximate surface area is 302 Å². The van der Waals surface area contributed by atoms with Crippen molar-refractivity contribution in [3.8, 4) is 5.88 Å². The Bertz CT molecular complexity index is 2230. The summed E-state index contributed by atoms with van der Waals surface area (Å²) >= 11 is 0. The summed E-state index contributed by atoms with van der Waals surface area (Å²) in [6.45, 7) is 2.96. The van der Waals surface area contributed by atoms with E-state index < -0.39 is 17.8 Å². The number of amides is 1. The average Bonchev–Trinajstić information content (AvgIpc) is 3.56. The highest BCUT2D eigenvalue weighted by Gasteiger charge is 2.26. The van der Waals surface area contributed by atoms with E-state index in [2.05, 4.69) is 55.7 Å². The molecular formula is C36H35FN12O4. The maximum atomic E-state index is 13.7. The molecule has 1 saturated heterocycles. The number of fused-ring (bicyclic) bond motifs is 1. The summed E-state index contributed by atoms with van der Waals surface area (Å²) in [5.74, 6) is -1.33. The van der Waals surface area contributed by atoms with E-state index >= 15 is 0 Å². The van der Waals surface area contributed by atoms with Gasteiger partial charge in [-0.1, -0.05) is 42.5 Å². The third-order valence-electron chi connectivity index (χ3n) is 8.56. The maximum Gasteiger partial charge on any atom is 0.326 e. The van der Waals surface area contributed by atoms with Crippen LogP contribution < -0.4 is 16.0 Å². The zero-order chi connectivity index (χ0) is 36.7. The zero-order valence-corrected chi connectivity index (χ0v) is 28.3. The predicted octanol–water partition coefficient (Wildman–Crippen LogP) is 3.80. The smallest absolute Gasteiger partial charge is 0.326 e. The fourth-order valence-electron chi connectivity index (χ4n) is 5.93. The number of aromatic hydroxyl groups is 1. The van der Waals surface area contributed by atoms with E-state index in [0.717, 1.165) is 11.1 Å². The number of nitrogens with zero attached hydrogens (tertiary/aromatic N) is 8. The third-order valence-corrected chi connectivity index (χ3v) is 8.56. The number of aliphatic carboxylic acids is 1. The lowest BCUT2D eigenvalue weighted by Gasteiger charge is -2.34. The number of nitrogens with one attached hydrogen (secondary N) is 4. The van der Waals surface area contributed by atoms with Gasteiger partial charge in [-0.3, -0.25) is 9.69 Å². The molecule has 1 fully saturated rings. The van der Waals surface area contributed by atoms with Crippen LogP contribution in [-0.2, 0) is 24.3 Å². The van der Waals surface area contributed by atoms with Gasteiger partial charge in [0.05, 0.1) is 17.6 Å². The second kappa shape index (κ2) is 15.6. The molecule has 3 aromatic heterocycles. The number of aromatic amines is 1. The van der Waals surface area contributed by atoms with Gasteiger partial charge in [-0.05, 0) is 35.4 Å². The molecule has 270 valence electrons. The van der Waals surface area contributed by atoms with Gasteiger partial charge in [-0.15, -0.1) is 0 Å². The Morgan fingerprint density at radius 1 is 0.849 bits per heavy atom. The number of halogens is 1. The number of H-pyrrole nitrogens is 1. The molecule has 0 saturated carbocycles. The molecule has 7 rings (SSSR count). The molecule has 1 aliphatic heterocycles. The molecule has 0 aliphatic carbocycles. The average molecular weight is 719 g/mol. The van der Waals surface area contributed by atoms with E-state index in [0.29, 0.717) is 55.3 Å². The molecule has 0 radical (unpaired) electrons. The van der Waals surface area contributed by atoms with Crippen LogP contribution in [0.25, 0.3) is 11.0 Å². The van der Waals surface area contributed by atoms with E-state index in [1.165, 1.54) is 24.5 Å². The molecule has 3 aromatic carbocycles. The Hall–Kier alpha value is -6.75. The standard InChI is InChI=1S/C36H35FN12O4/c37-24-9-10-26-27(19-24)43-29(42-26)20-40-34-45-35(47-36(46-34)44-28(33(52)53)18-22-5-2-1-3-6-22)41-25-8-4-7-23(17-25)21-48-13-15-49(16-14-48)32(51)30-31(50)39-12-11-38-30/h1-12,17,19,28H,13-16,18,20-21H2,(H,39,50)(H,42,43)(H,52,53)(H3,40,41,44,45,46,47)/t28-/m0/s1. The first kappa shape index (κ1) is 34.7. The first-order valence-corrected chi connectivity index (χ1v) is 16.8. The van der Waals surface area contributed by atoms with Gasteiger partial charge < -0.3 is 36.0 Å². The van der Waals surface area contributed by atoms with Gasteiger partial charge in [0.1, 0.15) is 17.7 Å². The lowest BCUT2D eigenvalue weighted by molar-refractivity contribution is -0.137. The van der Waals surface area contributed by atoms with Crippen LogP contribution in [-0.4, -0.2) is 99.0 Å². The largest absolute Gasteiger partial charge is 0.492 e. The van der Waals surface area contributed by atoms with Crippen LogP contribution in [0, 0.1) is 5.82 Å². The number of rotatable bonds is 13. The normalized spacial score (nSPS) is 13.8. The number of carbonyl (C=O) groups excluding carboxylic acids is 1. The highest BCUT2D eigenvalue weighted by atomic mass is 19.1. The summed E-state index contributed by atoms with van der Waals surface area (Å²) in [6, 6.07) is 20.2. The van der Waals surface area contributed by atoms with Crippen LogP contribution in [0.4, 0.5) is 27.9 Å². The summed E-state index contributed by atoms with van der Waals surface area (Å²) in [5.41, 5.74) is 3.61. The molecule has 1 aliphatic rings. The van der Waals surface area contributed by atoms with Gasteiger partial charge in [0.25, 0.3) is 5.91 Å². The van der Waals surface area contributed by atoms with Crippen molar-refractivity contribution < 1.29 is 24.2 Å². The number of carboxylic acids is 1. The van der Waals surface area contributed by atoms with Crippen LogP contribution >= 0.6 is 0 Å². The summed E-state index contributed by atoms with van der Waals surface area (Å²) < 4.78 is 13.7. The van der Waals surface area contributed by atoms with Crippen molar-refractivity contribution in [1.82, 2.24) is 44.7 Å². The summed E-state index contributed by atoms with van der Waals surface area (Å²) in [6.07, 6.45) is 2.90. The molecule has 6 N–H and O–H groups in total. The van der Waals surface area contributed by atoms with Gasteiger partial charge in [-0.25, -0.2) is 24.1 Å². The number of imidazole rings is 1. The van der Waals surface area contributed by atoms with Gasteiger partial charge in [0.15, 0.2) is 5.69 Å². The molecule has 0 unspecified atom stereocenters. The number of aromatic nitrogens is 7. The lowest BCUT2D eigenvalue weighted by Crippen LogP contribution is -2.48. The maximum absolute atomic E-state index is 13.7. The number of piperazine rings is 1. The quantitative estimate of drug-likeness (QED) is 0.100. The van der Waals surface area contributed by atoms with Crippen molar-refractivity contribution in [1.29, 1.82) is 0 Å². The fourth-order valence-corrected chi connectivity index (χ4v) is 5.93. The van der Waals surface area contributed by atoms with Crippen molar-refractivity contribution in [2.75, 3.05) is 42.1 Å². The van der Waals surface area contributed by atoms with Crippen LogP contribution in [0.15, 0.2) is 85.2 Å². The van der Waals surface area contributed by atoms with Crippen molar-refractivity contribution in [3.05, 3.63) is 114 Å². The number of carboxylic acid groups (broad SMARTS) is 1. The van der Waals surface area contributed by atoms with Crippen molar-refractivity contribution in [3.63, 3.8) is 0 Å². The molecule has 1 amide bonds. The second-order valence-corrected chi connectivity index (χ2v) is 12.4. The molecule has 53 heavy (non-hydrogen) atoms. The van der Waals surface area contributed by atoms with Crippen molar-refractivity contribution in [2.24, 2.45) is 0 Å². The minimum Gasteiger partial charge on any atom is -0.492 e. The first-order chi connectivity index (χ1) is 25.8. The minimum atomic E-state index is -1.07. The zero-order valence-electron chi connectivity index (χ0n) is 28.3. The van der Waals surface area contributed by atoms with Crippen LogP contribution in [0.5, 0.6) is 5.88 Å². The van der Waals surface area contributed by atoms with Crippen LogP contribution in [0.3, 0.4) is 0 Å². The number of anilines is 4. The van der Waals surface area contributed by atoms with Crippen molar-refractivity contribution >= 4 is 46.4 Å². The number of hydrogen-bond donors (Lipinski definition) is 6. The SMILES string of the molecule is O=C(O)[C@H](Cc1ccccc1)Nc1nc(NCc2nc3cc(F)ccc3[nH]2)nc(Nc2cccc(CN3CCN(C(=O)c4nccnc4O)CC3)c2)n1. The van der Waals surface area contributed by atoms with Crippen LogP contribution in [0.1, 0.15) is 27.4 Å². The Morgan fingerprint density at radius 3 is 2.40 bits per heavy atom. The van der Waals surface area contributed by atoms with Crippen LogP contribution in [0.2, 0.25) is 0 Å². The Balaban J connectivity index is 1.05. The van der Waals surface area contributed by atoms with Crippen molar-refractivity contribution in [2.45, 2.75) is 25.6 Å². The number of benzene rings is 3. The highest BCUT2D eigenvalue weighted by molar-refractivity contribution is 5.94. The number of hydrogen-bond acceptors (Lipinski definition) is 13. The third kappa shape index (κ3) is 8.77. The Morgan fingerprint density at radius 2 is 1.60 bits per heavy atom. The predicted molar refractivity (Wildman–Crippen MR) is 193 cm³/mol. The minimum absolute atomic E-state index is 0.0402. The van der Waals surface area contributed by atoms with Gasteiger partial charge in [-0.2, -0.15) is 15.0 Å². The van der Waals surface area contributed by atoms with Gasteiger partial charge in [0, 0.05) is 63.3 Å². The van der Waals surface area contributed by atoms with Gasteiger partial charge >= 0.3 is 5.97 Å². The molecule has 17 heteroatoms. The topological polar surface area (TPSA) is 210 Å². The number of carbonyl (C=O) groups is 2.